The van der Waals surface area contributed by atoms with Crippen LogP contribution < -0.4 is 14.9 Å². The quantitative estimate of drug-likeness (QED) is 0.572. The minimum absolute atomic E-state index is 0.0780. The number of rotatable bonds is 8. The maximum absolute atomic E-state index is 11.5. The Labute approximate surface area is 133 Å². The average Bonchev–Trinajstić information content (AvgIpc) is 2.45. The van der Waals surface area contributed by atoms with E-state index in [2.05, 4.69) is 26.5 Å². The number of benzene rings is 1. The van der Waals surface area contributed by atoms with Gasteiger partial charge >= 0.3 is 0 Å². The summed E-state index contributed by atoms with van der Waals surface area (Å²) in [6, 6.07) is 3.66. The van der Waals surface area contributed by atoms with Gasteiger partial charge in [-0.25, -0.2) is 5.43 Å². The van der Waals surface area contributed by atoms with E-state index in [0.29, 0.717) is 24.5 Å². The third-order valence-corrected chi connectivity index (χ3v) is 3.29. The second-order valence-electron chi connectivity index (χ2n) is 4.36. The van der Waals surface area contributed by atoms with Crippen LogP contribution in [0.15, 0.2) is 21.7 Å². The van der Waals surface area contributed by atoms with E-state index in [4.69, 9.17) is 9.47 Å². The van der Waals surface area contributed by atoms with Gasteiger partial charge in [-0.3, -0.25) is 4.79 Å². The van der Waals surface area contributed by atoms with Crippen LogP contribution in [-0.2, 0) is 4.79 Å². The van der Waals surface area contributed by atoms with Gasteiger partial charge in [-0.2, -0.15) is 5.10 Å². The van der Waals surface area contributed by atoms with Crippen molar-refractivity contribution in [1.29, 1.82) is 0 Å². The van der Waals surface area contributed by atoms with Gasteiger partial charge in [-0.05, 0) is 47.0 Å². The molecular weight excluding hydrogens is 336 g/mol. The molecule has 0 radical (unpaired) electrons. The van der Waals surface area contributed by atoms with Gasteiger partial charge < -0.3 is 9.47 Å². The summed E-state index contributed by atoms with van der Waals surface area (Å²) in [6.45, 7) is 4.49. The van der Waals surface area contributed by atoms with Crippen LogP contribution >= 0.6 is 15.9 Å². The molecule has 21 heavy (non-hydrogen) atoms. The Morgan fingerprint density at radius 3 is 2.81 bits per heavy atom. The molecule has 0 atom stereocenters. The molecule has 1 aromatic carbocycles. The molecule has 0 saturated heterocycles. The molecule has 0 aliphatic carbocycles. The van der Waals surface area contributed by atoms with Crippen LogP contribution in [0.2, 0.25) is 0 Å². The molecular formula is C15H21BrN2O3. The molecule has 0 unspecified atom stereocenters. The number of unbranched alkanes of at least 4 members (excludes halogenated alkanes) is 1. The Bertz CT molecular complexity index is 504. The molecule has 0 saturated carbocycles. The summed E-state index contributed by atoms with van der Waals surface area (Å²) in [5.41, 5.74) is 3.32. The number of methoxy groups -OCH3 is 1. The summed E-state index contributed by atoms with van der Waals surface area (Å²) in [4.78, 5) is 11.5. The molecule has 0 aromatic heterocycles. The van der Waals surface area contributed by atoms with Gasteiger partial charge in [0.05, 0.1) is 24.4 Å². The Kier molecular flexibility index (Phi) is 7.82. The summed E-state index contributed by atoms with van der Waals surface area (Å²) >= 11 is 3.43. The molecule has 0 spiro atoms. The molecule has 116 valence electrons. The molecule has 1 rings (SSSR count). The molecule has 0 aliphatic heterocycles. The van der Waals surface area contributed by atoms with Crippen molar-refractivity contribution in [3.8, 4) is 11.5 Å². The fourth-order valence-corrected chi connectivity index (χ4v) is 2.32. The van der Waals surface area contributed by atoms with Gasteiger partial charge in [0.15, 0.2) is 11.5 Å². The van der Waals surface area contributed by atoms with Crippen molar-refractivity contribution in [1.82, 2.24) is 5.43 Å². The first-order chi connectivity index (χ1) is 10.1. The van der Waals surface area contributed by atoms with Crippen LogP contribution in [0.1, 0.15) is 38.7 Å². The van der Waals surface area contributed by atoms with Crippen LogP contribution in [0.5, 0.6) is 11.5 Å². The number of ether oxygens (including phenoxy) is 2. The van der Waals surface area contributed by atoms with Crippen LogP contribution in [-0.4, -0.2) is 25.8 Å². The SMILES string of the molecule is CCCCC(=O)N/N=C/c1cc(Br)c(OC)c(OCC)c1. The van der Waals surface area contributed by atoms with Crippen molar-refractivity contribution in [3.63, 3.8) is 0 Å². The molecule has 1 N–H and O–H groups in total. The predicted octanol–water partition coefficient (Wildman–Crippen LogP) is 3.50. The van der Waals surface area contributed by atoms with E-state index in [9.17, 15) is 4.79 Å². The van der Waals surface area contributed by atoms with Gasteiger partial charge in [-0.1, -0.05) is 13.3 Å². The van der Waals surface area contributed by atoms with Gasteiger partial charge in [0.2, 0.25) is 5.91 Å². The highest BCUT2D eigenvalue weighted by Gasteiger charge is 2.10. The lowest BCUT2D eigenvalue weighted by molar-refractivity contribution is -0.121. The molecule has 0 heterocycles. The van der Waals surface area contributed by atoms with Gasteiger partial charge in [-0.15, -0.1) is 0 Å². The van der Waals surface area contributed by atoms with Crippen molar-refractivity contribution >= 4 is 28.1 Å². The topological polar surface area (TPSA) is 59.9 Å². The van der Waals surface area contributed by atoms with E-state index in [0.717, 1.165) is 22.9 Å². The highest BCUT2D eigenvalue weighted by molar-refractivity contribution is 9.10. The smallest absolute Gasteiger partial charge is 0.240 e. The molecule has 0 aliphatic rings. The first-order valence-corrected chi connectivity index (χ1v) is 7.73. The van der Waals surface area contributed by atoms with Crippen molar-refractivity contribution in [2.75, 3.05) is 13.7 Å². The zero-order valence-electron chi connectivity index (χ0n) is 12.6. The lowest BCUT2D eigenvalue weighted by atomic mass is 10.2. The third-order valence-electron chi connectivity index (χ3n) is 2.70. The molecule has 1 aromatic rings. The maximum atomic E-state index is 11.5. The van der Waals surface area contributed by atoms with Crippen molar-refractivity contribution < 1.29 is 14.3 Å². The van der Waals surface area contributed by atoms with Gasteiger partial charge in [0, 0.05) is 6.42 Å². The Morgan fingerprint density at radius 1 is 1.43 bits per heavy atom. The second-order valence-corrected chi connectivity index (χ2v) is 5.22. The predicted molar refractivity (Wildman–Crippen MR) is 87.1 cm³/mol. The van der Waals surface area contributed by atoms with E-state index in [1.54, 1.807) is 13.3 Å². The number of amides is 1. The number of nitrogens with one attached hydrogen (secondary N) is 1. The summed E-state index contributed by atoms with van der Waals surface area (Å²) in [7, 11) is 1.59. The van der Waals surface area contributed by atoms with E-state index in [1.807, 2.05) is 26.0 Å². The fourth-order valence-electron chi connectivity index (χ4n) is 1.70. The molecule has 6 heteroatoms. The first-order valence-electron chi connectivity index (χ1n) is 6.94. The van der Waals surface area contributed by atoms with Crippen molar-refractivity contribution in [2.45, 2.75) is 33.1 Å². The number of nitrogens with zero attached hydrogens (tertiary/aromatic N) is 1. The number of carbonyl (C=O) groups is 1. The highest BCUT2D eigenvalue weighted by atomic mass is 79.9. The van der Waals surface area contributed by atoms with E-state index < -0.39 is 0 Å². The first kappa shape index (κ1) is 17.5. The van der Waals surface area contributed by atoms with Crippen LogP contribution in [0.25, 0.3) is 0 Å². The lowest BCUT2D eigenvalue weighted by Gasteiger charge is -2.11. The van der Waals surface area contributed by atoms with Crippen LogP contribution in [0.4, 0.5) is 0 Å². The van der Waals surface area contributed by atoms with E-state index in [1.165, 1.54) is 0 Å². The van der Waals surface area contributed by atoms with Gasteiger partial charge in [0.1, 0.15) is 0 Å². The van der Waals surface area contributed by atoms with Crippen molar-refractivity contribution in [2.24, 2.45) is 5.10 Å². The molecule has 1 amide bonds. The van der Waals surface area contributed by atoms with Gasteiger partial charge in [0.25, 0.3) is 0 Å². The van der Waals surface area contributed by atoms with Crippen LogP contribution in [0, 0.1) is 0 Å². The standard InChI is InChI=1S/C15H21BrN2O3/c1-4-6-7-14(19)18-17-10-11-8-12(16)15(20-3)13(9-11)21-5-2/h8-10H,4-7H2,1-3H3,(H,18,19)/b17-10+. The zero-order valence-corrected chi connectivity index (χ0v) is 14.2. The minimum atomic E-state index is -0.0780. The zero-order chi connectivity index (χ0) is 15.7. The number of carbonyl (C=O) groups excluding carboxylic acids is 1. The Balaban J connectivity index is 2.77. The third kappa shape index (κ3) is 5.75. The summed E-state index contributed by atoms with van der Waals surface area (Å²) < 4.78 is 11.6. The van der Waals surface area contributed by atoms with Crippen LogP contribution in [0.3, 0.4) is 0 Å². The maximum Gasteiger partial charge on any atom is 0.240 e. The summed E-state index contributed by atoms with van der Waals surface area (Å²) in [5.74, 6) is 1.19. The highest BCUT2D eigenvalue weighted by Crippen LogP contribution is 2.36. The van der Waals surface area contributed by atoms with Crippen molar-refractivity contribution in [3.05, 3.63) is 22.2 Å². The Morgan fingerprint density at radius 2 is 2.19 bits per heavy atom. The monoisotopic (exact) mass is 356 g/mol. The number of halogens is 1. The number of hydrogen-bond acceptors (Lipinski definition) is 4. The average molecular weight is 357 g/mol. The normalized spacial score (nSPS) is 10.7. The second kappa shape index (κ2) is 9.39. The molecule has 0 bridgehead atoms. The van der Waals surface area contributed by atoms with E-state index in [-0.39, 0.29) is 5.91 Å². The lowest BCUT2D eigenvalue weighted by Crippen LogP contribution is -2.16. The molecule has 5 nitrogen and oxygen atoms in total. The largest absolute Gasteiger partial charge is 0.492 e. The fraction of sp³-hybridized carbons (Fsp3) is 0.467. The molecule has 0 fully saturated rings. The number of hydrogen-bond donors (Lipinski definition) is 1. The summed E-state index contributed by atoms with van der Waals surface area (Å²) in [5, 5.41) is 3.95. The number of hydrazone groups is 1. The van der Waals surface area contributed by atoms with E-state index >= 15 is 0 Å². The minimum Gasteiger partial charge on any atom is -0.492 e. The Hall–Kier alpha value is -1.56. The summed E-state index contributed by atoms with van der Waals surface area (Å²) in [6.07, 6.45) is 3.92.